The number of amides is 3. The molecule has 0 saturated carbocycles. The van der Waals surface area contributed by atoms with Crippen LogP contribution in [0.3, 0.4) is 0 Å². The Bertz CT molecular complexity index is 1170. The number of fused-ring (bicyclic) bond motifs is 1. The molecule has 0 radical (unpaired) electrons. The summed E-state index contributed by atoms with van der Waals surface area (Å²) in [6, 6.07) is 7.44. The second kappa shape index (κ2) is 11.3. The van der Waals surface area contributed by atoms with E-state index in [1.165, 1.54) is 11.1 Å². The van der Waals surface area contributed by atoms with E-state index in [9.17, 15) is 9.59 Å². The minimum atomic E-state index is -0.576. The number of hydrogen-bond donors (Lipinski definition) is 3. The molecule has 1 aliphatic heterocycles. The Kier molecular flexibility index (Phi) is 7.76. The zero-order valence-electron chi connectivity index (χ0n) is 19.7. The van der Waals surface area contributed by atoms with Crippen molar-refractivity contribution < 1.29 is 14.3 Å². The normalized spacial score (nSPS) is 12.0. The number of aromatic nitrogens is 4. The molecule has 11 nitrogen and oxygen atoms in total. The Morgan fingerprint density at radius 2 is 2.09 bits per heavy atom. The number of benzene rings is 1. The fourth-order valence-corrected chi connectivity index (χ4v) is 3.92. The van der Waals surface area contributed by atoms with E-state index in [0.29, 0.717) is 37.8 Å². The molecule has 184 valence electrons. The minimum Gasteiger partial charge on any atom is -0.493 e. The van der Waals surface area contributed by atoms with E-state index < -0.39 is 6.03 Å². The molecule has 3 amide bonds. The SMILES string of the molecule is Cc1cc(N(CCCNC(N)=O)CC(=O)NCCc2ccc3c(c2)CCO3)nc(-n2ccnc2)n1. The van der Waals surface area contributed by atoms with Gasteiger partial charge >= 0.3 is 6.03 Å². The van der Waals surface area contributed by atoms with Crippen molar-refractivity contribution in [2.75, 3.05) is 37.7 Å². The van der Waals surface area contributed by atoms with Crippen molar-refractivity contribution >= 4 is 17.8 Å². The number of anilines is 1. The van der Waals surface area contributed by atoms with Gasteiger partial charge in [0.2, 0.25) is 11.9 Å². The number of imidazole rings is 1. The maximum atomic E-state index is 12.8. The third-order valence-corrected chi connectivity index (χ3v) is 5.62. The van der Waals surface area contributed by atoms with Crippen LogP contribution in [0.15, 0.2) is 43.0 Å². The highest BCUT2D eigenvalue weighted by Crippen LogP contribution is 2.25. The third-order valence-electron chi connectivity index (χ3n) is 5.62. The van der Waals surface area contributed by atoms with Crippen LogP contribution in [0.4, 0.5) is 10.6 Å². The smallest absolute Gasteiger partial charge is 0.312 e. The van der Waals surface area contributed by atoms with Crippen LogP contribution < -0.4 is 26.0 Å². The predicted octanol–water partition coefficient (Wildman–Crippen LogP) is 1.13. The zero-order valence-corrected chi connectivity index (χ0v) is 19.7. The van der Waals surface area contributed by atoms with Crippen molar-refractivity contribution in [1.82, 2.24) is 30.2 Å². The molecule has 0 spiro atoms. The topological polar surface area (TPSA) is 140 Å². The number of carbonyl (C=O) groups is 2. The minimum absolute atomic E-state index is 0.113. The van der Waals surface area contributed by atoms with Gasteiger partial charge in [0, 0.05) is 50.2 Å². The summed E-state index contributed by atoms with van der Waals surface area (Å²) in [7, 11) is 0. The Balaban J connectivity index is 1.39. The number of rotatable bonds is 11. The standard InChI is InChI=1S/C24H30N8O3/c1-17-13-21(30-24(29-17)32-11-9-26-16-32)31(10-2-7-28-23(25)34)15-22(33)27-8-5-18-3-4-20-19(14-18)6-12-35-20/h3-4,9,11,13-14,16H,2,5-8,10,12,15H2,1H3,(H,27,33)(H3,25,28,34). The first kappa shape index (κ1) is 24.0. The lowest BCUT2D eigenvalue weighted by Gasteiger charge is -2.24. The van der Waals surface area contributed by atoms with Gasteiger partial charge in [-0.1, -0.05) is 12.1 Å². The maximum absolute atomic E-state index is 12.8. The number of nitrogens with two attached hydrogens (primary N) is 1. The summed E-state index contributed by atoms with van der Waals surface area (Å²) in [6.45, 7) is 4.14. The molecule has 0 fully saturated rings. The van der Waals surface area contributed by atoms with Gasteiger partial charge < -0.3 is 26.0 Å². The molecule has 0 bridgehead atoms. The number of aryl methyl sites for hydroxylation is 1. The molecule has 0 atom stereocenters. The van der Waals surface area contributed by atoms with Gasteiger partial charge in [-0.25, -0.2) is 14.8 Å². The summed E-state index contributed by atoms with van der Waals surface area (Å²) in [5, 5.41) is 5.58. The molecule has 1 aliphatic rings. The first-order chi connectivity index (χ1) is 17.0. The van der Waals surface area contributed by atoms with Crippen LogP contribution >= 0.6 is 0 Å². The second-order valence-corrected chi connectivity index (χ2v) is 8.34. The van der Waals surface area contributed by atoms with E-state index in [0.717, 1.165) is 30.9 Å². The Morgan fingerprint density at radius 3 is 2.89 bits per heavy atom. The number of nitrogens with zero attached hydrogens (tertiary/aromatic N) is 5. The fraction of sp³-hybridized carbons (Fsp3) is 0.375. The third kappa shape index (κ3) is 6.69. The molecule has 4 rings (SSSR count). The molecular weight excluding hydrogens is 448 g/mol. The zero-order chi connectivity index (χ0) is 24.6. The molecule has 0 unspecified atom stereocenters. The fourth-order valence-electron chi connectivity index (χ4n) is 3.92. The van der Waals surface area contributed by atoms with Gasteiger partial charge in [0.1, 0.15) is 17.9 Å². The van der Waals surface area contributed by atoms with Crippen LogP contribution in [-0.2, 0) is 17.6 Å². The Morgan fingerprint density at radius 1 is 1.20 bits per heavy atom. The average Bonchev–Trinajstić information content (AvgIpc) is 3.52. The highest BCUT2D eigenvalue weighted by atomic mass is 16.5. The molecule has 35 heavy (non-hydrogen) atoms. The van der Waals surface area contributed by atoms with Crippen LogP contribution in [0.1, 0.15) is 23.2 Å². The van der Waals surface area contributed by atoms with Crippen LogP contribution in [0.2, 0.25) is 0 Å². The number of urea groups is 1. The monoisotopic (exact) mass is 478 g/mol. The lowest BCUT2D eigenvalue weighted by molar-refractivity contribution is -0.119. The first-order valence-electron chi connectivity index (χ1n) is 11.6. The van der Waals surface area contributed by atoms with Crippen LogP contribution in [0.25, 0.3) is 5.95 Å². The van der Waals surface area contributed by atoms with E-state index in [1.807, 2.05) is 30.0 Å². The molecule has 0 aliphatic carbocycles. The van der Waals surface area contributed by atoms with E-state index in [2.05, 4.69) is 31.7 Å². The predicted molar refractivity (Wildman–Crippen MR) is 131 cm³/mol. The second-order valence-electron chi connectivity index (χ2n) is 8.34. The summed E-state index contributed by atoms with van der Waals surface area (Å²) < 4.78 is 7.27. The van der Waals surface area contributed by atoms with Gasteiger partial charge in [0.05, 0.1) is 13.2 Å². The summed E-state index contributed by atoms with van der Waals surface area (Å²) in [6.07, 6.45) is 7.29. The van der Waals surface area contributed by atoms with Gasteiger partial charge in [-0.15, -0.1) is 0 Å². The van der Waals surface area contributed by atoms with E-state index in [4.69, 9.17) is 10.5 Å². The largest absolute Gasteiger partial charge is 0.493 e. The molecular formula is C24H30N8O3. The van der Waals surface area contributed by atoms with Gasteiger partial charge in [-0.05, 0) is 37.0 Å². The van der Waals surface area contributed by atoms with Gasteiger partial charge in [-0.3, -0.25) is 9.36 Å². The van der Waals surface area contributed by atoms with Crippen molar-refractivity contribution in [3.05, 3.63) is 59.8 Å². The number of primary amides is 1. The molecule has 11 heteroatoms. The molecule has 0 saturated heterocycles. The van der Waals surface area contributed by atoms with Crippen molar-refractivity contribution in [2.24, 2.45) is 5.73 Å². The molecule has 4 N–H and O–H groups in total. The van der Waals surface area contributed by atoms with E-state index in [1.54, 1.807) is 23.3 Å². The van der Waals surface area contributed by atoms with Crippen molar-refractivity contribution in [1.29, 1.82) is 0 Å². The summed E-state index contributed by atoms with van der Waals surface area (Å²) in [4.78, 5) is 38.9. The van der Waals surface area contributed by atoms with Crippen LogP contribution in [0.5, 0.6) is 5.75 Å². The Hall–Kier alpha value is -4.15. The number of carbonyl (C=O) groups excluding carboxylic acids is 2. The summed E-state index contributed by atoms with van der Waals surface area (Å²) >= 11 is 0. The first-order valence-corrected chi connectivity index (χ1v) is 11.6. The van der Waals surface area contributed by atoms with Crippen molar-refractivity contribution in [3.8, 4) is 11.7 Å². The van der Waals surface area contributed by atoms with Gasteiger partial charge in [0.25, 0.3) is 0 Å². The Labute approximate surface area is 203 Å². The molecule has 3 heterocycles. The van der Waals surface area contributed by atoms with Crippen molar-refractivity contribution in [3.63, 3.8) is 0 Å². The van der Waals surface area contributed by atoms with Crippen LogP contribution in [-0.4, -0.2) is 64.2 Å². The van der Waals surface area contributed by atoms with E-state index in [-0.39, 0.29) is 12.5 Å². The average molecular weight is 479 g/mol. The lowest BCUT2D eigenvalue weighted by atomic mass is 10.1. The summed E-state index contributed by atoms with van der Waals surface area (Å²) in [5.41, 5.74) is 8.31. The molecule has 3 aromatic rings. The van der Waals surface area contributed by atoms with E-state index >= 15 is 0 Å². The van der Waals surface area contributed by atoms with Gasteiger partial charge in [0.15, 0.2) is 0 Å². The van der Waals surface area contributed by atoms with Crippen molar-refractivity contribution in [2.45, 2.75) is 26.2 Å². The summed E-state index contributed by atoms with van der Waals surface area (Å²) in [5.74, 6) is 1.93. The highest BCUT2D eigenvalue weighted by molar-refractivity contribution is 5.81. The lowest BCUT2D eigenvalue weighted by Crippen LogP contribution is -2.40. The number of ether oxygens (including phenoxy) is 1. The number of nitrogens with one attached hydrogen (secondary N) is 2. The highest BCUT2D eigenvalue weighted by Gasteiger charge is 2.16. The molecule has 2 aromatic heterocycles. The quantitative estimate of drug-likeness (QED) is 0.351. The van der Waals surface area contributed by atoms with Crippen LogP contribution in [0, 0.1) is 6.92 Å². The maximum Gasteiger partial charge on any atom is 0.312 e. The molecule has 1 aromatic carbocycles. The van der Waals surface area contributed by atoms with Gasteiger partial charge in [-0.2, -0.15) is 4.98 Å². The number of hydrogen-bond acceptors (Lipinski definition) is 7.